The van der Waals surface area contributed by atoms with E-state index >= 15 is 0 Å². The monoisotopic (exact) mass is 196 g/mol. The largest absolute Gasteiger partial charge is 0.374 e. The second kappa shape index (κ2) is 4.62. The minimum atomic E-state index is -0.0595. The molecule has 0 saturated heterocycles. The second-order valence-corrected chi connectivity index (χ2v) is 4.36. The average Bonchev–Trinajstić information content (AvgIpc) is 2.49. The van der Waals surface area contributed by atoms with Gasteiger partial charge in [-0.3, -0.25) is 0 Å². The molecule has 0 fully saturated rings. The average molecular weight is 196 g/mol. The molecule has 0 radical (unpaired) electrons. The number of hydrogen-bond donors (Lipinski definition) is 1. The van der Waals surface area contributed by atoms with E-state index < -0.39 is 0 Å². The molecule has 0 aromatic carbocycles. The first-order valence-corrected chi connectivity index (χ1v) is 5.01. The van der Waals surface area contributed by atoms with Gasteiger partial charge in [-0.2, -0.15) is 0 Å². The summed E-state index contributed by atoms with van der Waals surface area (Å²) in [5.74, 6) is 0. The van der Waals surface area contributed by atoms with Crippen molar-refractivity contribution in [2.75, 3.05) is 6.61 Å². The minimum Gasteiger partial charge on any atom is -0.374 e. The van der Waals surface area contributed by atoms with E-state index in [9.17, 15) is 0 Å². The molecule has 0 bridgehead atoms. The molecular formula is C11H20N2O. The van der Waals surface area contributed by atoms with Crippen molar-refractivity contribution in [2.45, 2.75) is 39.5 Å². The van der Waals surface area contributed by atoms with Gasteiger partial charge in [0.25, 0.3) is 0 Å². The highest BCUT2D eigenvalue weighted by Gasteiger charge is 2.09. The highest BCUT2D eigenvalue weighted by molar-refractivity contribution is 5.06. The maximum Gasteiger partial charge on any atom is 0.0652 e. The van der Waals surface area contributed by atoms with Crippen molar-refractivity contribution in [1.82, 2.24) is 4.57 Å². The maximum atomic E-state index is 5.64. The Morgan fingerprint density at radius 3 is 2.71 bits per heavy atom. The topological polar surface area (TPSA) is 40.2 Å². The van der Waals surface area contributed by atoms with E-state index in [2.05, 4.69) is 25.3 Å². The number of aromatic nitrogens is 1. The lowest BCUT2D eigenvalue weighted by Crippen LogP contribution is -2.22. The summed E-state index contributed by atoms with van der Waals surface area (Å²) in [6.45, 7) is 8.37. The van der Waals surface area contributed by atoms with Crippen LogP contribution >= 0.6 is 0 Å². The first-order chi connectivity index (χ1) is 6.53. The third kappa shape index (κ3) is 3.52. The Morgan fingerprint density at radius 1 is 1.43 bits per heavy atom. The third-order valence-electron chi connectivity index (χ3n) is 2.00. The summed E-state index contributed by atoms with van der Waals surface area (Å²) in [7, 11) is 0. The van der Waals surface area contributed by atoms with Gasteiger partial charge in [0.05, 0.1) is 12.2 Å². The molecule has 14 heavy (non-hydrogen) atoms. The molecule has 0 aliphatic heterocycles. The van der Waals surface area contributed by atoms with Crippen LogP contribution < -0.4 is 5.73 Å². The molecule has 3 heteroatoms. The van der Waals surface area contributed by atoms with E-state index in [1.54, 1.807) is 0 Å². The zero-order valence-electron chi connectivity index (χ0n) is 9.29. The molecule has 1 rings (SSSR count). The molecule has 0 amide bonds. The second-order valence-electron chi connectivity index (χ2n) is 4.36. The third-order valence-corrected chi connectivity index (χ3v) is 2.00. The van der Waals surface area contributed by atoms with Crippen molar-refractivity contribution in [3.8, 4) is 0 Å². The molecule has 3 nitrogen and oxygen atoms in total. The predicted octanol–water partition coefficient (Wildman–Crippen LogP) is 1.76. The molecule has 80 valence electrons. The van der Waals surface area contributed by atoms with Gasteiger partial charge in [0.2, 0.25) is 0 Å². The van der Waals surface area contributed by atoms with E-state index in [-0.39, 0.29) is 5.60 Å². The number of nitrogens with zero attached hydrogens (tertiary/aromatic N) is 1. The van der Waals surface area contributed by atoms with Gasteiger partial charge in [0.15, 0.2) is 0 Å². The van der Waals surface area contributed by atoms with Crippen molar-refractivity contribution < 1.29 is 4.74 Å². The van der Waals surface area contributed by atoms with Crippen LogP contribution in [0.1, 0.15) is 26.5 Å². The summed E-state index contributed by atoms with van der Waals surface area (Å²) in [6, 6.07) is 4.05. The Bertz CT molecular complexity index is 273. The zero-order valence-corrected chi connectivity index (χ0v) is 9.29. The first kappa shape index (κ1) is 11.3. The van der Waals surface area contributed by atoms with E-state index in [0.717, 1.165) is 18.8 Å². The van der Waals surface area contributed by atoms with E-state index in [1.165, 1.54) is 0 Å². The fourth-order valence-corrected chi connectivity index (χ4v) is 1.30. The summed E-state index contributed by atoms with van der Waals surface area (Å²) in [6.07, 6.45) is 2.04. The minimum absolute atomic E-state index is 0.0595. The molecule has 0 spiro atoms. The van der Waals surface area contributed by atoms with Gasteiger partial charge < -0.3 is 15.0 Å². The van der Waals surface area contributed by atoms with E-state index in [0.29, 0.717) is 6.54 Å². The zero-order chi connectivity index (χ0) is 10.6. The van der Waals surface area contributed by atoms with Crippen LogP contribution in [-0.2, 0) is 17.8 Å². The van der Waals surface area contributed by atoms with Crippen LogP contribution in [0.5, 0.6) is 0 Å². The summed E-state index contributed by atoms with van der Waals surface area (Å²) < 4.78 is 7.77. The highest BCUT2D eigenvalue weighted by Crippen LogP contribution is 2.07. The number of rotatable bonds is 4. The summed E-state index contributed by atoms with van der Waals surface area (Å²) in [5, 5.41) is 0. The SMILES string of the molecule is CC(C)(C)OCCn1cccc1CN. The Hall–Kier alpha value is -0.800. The van der Waals surface area contributed by atoms with Gasteiger partial charge in [-0.15, -0.1) is 0 Å². The number of hydrogen-bond acceptors (Lipinski definition) is 2. The lowest BCUT2D eigenvalue weighted by molar-refractivity contribution is -0.00700. The molecule has 2 N–H and O–H groups in total. The van der Waals surface area contributed by atoms with Crippen LogP contribution in [0.15, 0.2) is 18.3 Å². The van der Waals surface area contributed by atoms with Crippen LogP contribution in [0.4, 0.5) is 0 Å². The molecular weight excluding hydrogens is 176 g/mol. The smallest absolute Gasteiger partial charge is 0.0652 e. The lowest BCUT2D eigenvalue weighted by Gasteiger charge is -2.20. The van der Waals surface area contributed by atoms with Crippen LogP contribution in [0.2, 0.25) is 0 Å². The van der Waals surface area contributed by atoms with Crippen molar-refractivity contribution >= 4 is 0 Å². The van der Waals surface area contributed by atoms with E-state index in [1.807, 2.05) is 18.3 Å². The Kier molecular flexibility index (Phi) is 3.72. The molecule has 1 heterocycles. The van der Waals surface area contributed by atoms with Crippen molar-refractivity contribution in [2.24, 2.45) is 5.73 Å². The Labute approximate surface area is 85.9 Å². The highest BCUT2D eigenvalue weighted by atomic mass is 16.5. The number of nitrogens with two attached hydrogens (primary N) is 1. The maximum absolute atomic E-state index is 5.64. The van der Waals surface area contributed by atoms with Gasteiger partial charge in [-0.05, 0) is 32.9 Å². The summed E-state index contributed by atoms with van der Waals surface area (Å²) in [4.78, 5) is 0. The van der Waals surface area contributed by atoms with Crippen molar-refractivity contribution in [1.29, 1.82) is 0 Å². The van der Waals surface area contributed by atoms with Gasteiger partial charge >= 0.3 is 0 Å². The lowest BCUT2D eigenvalue weighted by atomic mass is 10.2. The molecule has 0 aliphatic carbocycles. The van der Waals surface area contributed by atoms with E-state index in [4.69, 9.17) is 10.5 Å². The van der Waals surface area contributed by atoms with Gasteiger partial charge in [0, 0.05) is 25.0 Å². The normalized spacial score (nSPS) is 12.0. The van der Waals surface area contributed by atoms with Crippen LogP contribution in [0, 0.1) is 0 Å². The fraction of sp³-hybridized carbons (Fsp3) is 0.636. The molecule has 1 aromatic rings. The van der Waals surface area contributed by atoms with Gasteiger partial charge in [-0.1, -0.05) is 0 Å². The molecule has 0 saturated carbocycles. The van der Waals surface area contributed by atoms with Crippen LogP contribution in [0.25, 0.3) is 0 Å². The van der Waals surface area contributed by atoms with Crippen LogP contribution in [0.3, 0.4) is 0 Å². The Balaban J connectivity index is 2.38. The Morgan fingerprint density at radius 2 is 2.14 bits per heavy atom. The molecule has 1 aromatic heterocycles. The molecule has 0 atom stereocenters. The van der Waals surface area contributed by atoms with Crippen molar-refractivity contribution in [3.05, 3.63) is 24.0 Å². The molecule has 0 unspecified atom stereocenters. The number of ether oxygens (including phenoxy) is 1. The fourth-order valence-electron chi connectivity index (χ4n) is 1.30. The quantitative estimate of drug-likeness (QED) is 0.797. The summed E-state index contributed by atoms with van der Waals surface area (Å²) in [5.41, 5.74) is 6.69. The predicted molar refractivity (Wildman–Crippen MR) is 58.0 cm³/mol. The first-order valence-electron chi connectivity index (χ1n) is 5.01. The van der Waals surface area contributed by atoms with Gasteiger partial charge in [0.1, 0.15) is 0 Å². The van der Waals surface area contributed by atoms with Gasteiger partial charge in [-0.25, -0.2) is 0 Å². The summed E-state index contributed by atoms with van der Waals surface area (Å²) >= 11 is 0. The van der Waals surface area contributed by atoms with Crippen LogP contribution in [-0.4, -0.2) is 16.8 Å². The standard InChI is InChI=1S/C11H20N2O/c1-11(2,3)14-8-7-13-6-4-5-10(13)9-12/h4-6H,7-9,12H2,1-3H3. The molecule has 0 aliphatic rings. The van der Waals surface area contributed by atoms with Crippen molar-refractivity contribution in [3.63, 3.8) is 0 Å².